The largest absolute Gasteiger partial charge is 0.452 e. The van der Waals surface area contributed by atoms with Crippen molar-refractivity contribution < 1.29 is 22.7 Å². The summed E-state index contributed by atoms with van der Waals surface area (Å²) < 4.78 is 33.7. The van der Waals surface area contributed by atoms with Crippen molar-refractivity contribution in [1.82, 2.24) is 4.90 Å². The summed E-state index contributed by atoms with van der Waals surface area (Å²) in [5.41, 5.74) is 2.65. The van der Waals surface area contributed by atoms with E-state index >= 15 is 0 Å². The molecule has 0 atom stereocenters. The van der Waals surface area contributed by atoms with Gasteiger partial charge < -0.3 is 9.64 Å². The van der Waals surface area contributed by atoms with E-state index in [4.69, 9.17) is 4.74 Å². The lowest BCUT2D eigenvalue weighted by Crippen LogP contribution is -2.38. The molecule has 4 rings (SSSR count). The van der Waals surface area contributed by atoms with Crippen LogP contribution in [0.25, 0.3) is 0 Å². The van der Waals surface area contributed by atoms with Crippen LogP contribution in [0, 0.1) is 13.8 Å². The average Bonchev–Trinajstić information content (AvgIpc) is 3.27. The molecule has 0 unspecified atom stereocenters. The van der Waals surface area contributed by atoms with Crippen LogP contribution in [0.4, 0.5) is 5.69 Å². The monoisotopic (exact) mass is 484 g/mol. The molecule has 7 nitrogen and oxygen atoms in total. The van der Waals surface area contributed by atoms with E-state index in [0.29, 0.717) is 18.7 Å². The number of nitrogens with zero attached hydrogens (tertiary/aromatic N) is 1. The highest BCUT2D eigenvalue weighted by Crippen LogP contribution is 2.25. The first-order valence-electron chi connectivity index (χ1n) is 10.4. The molecule has 0 saturated heterocycles. The number of aryl methyl sites for hydroxylation is 2. The average molecular weight is 485 g/mol. The standard InChI is InChI=1S/C24H24N2O5S2/c1-16-7-8-17(2)22(13-16)33(29,30)25-20-6-4-3-5-19(20)24(28)31-15-23(27)26-11-9-21-18(14-26)10-12-32-21/h3-8,10,12-13,25H,9,11,14-15H2,1-2H3. The van der Waals surface area contributed by atoms with Crippen LogP contribution in [0.5, 0.6) is 0 Å². The highest BCUT2D eigenvalue weighted by Gasteiger charge is 2.24. The van der Waals surface area contributed by atoms with E-state index in [1.54, 1.807) is 47.4 Å². The number of fused-ring (bicyclic) bond motifs is 1. The van der Waals surface area contributed by atoms with Gasteiger partial charge in [0.25, 0.3) is 15.9 Å². The predicted molar refractivity (Wildman–Crippen MR) is 127 cm³/mol. The van der Waals surface area contributed by atoms with Gasteiger partial charge in [0.05, 0.1) is 16.1 Å². The summed E-state index contributed by atoms with van der Waals surface area (Å²) in [5.74, 6) is -1.05. The van der Waals surface area contributed by atoms with E-state index in [0.717, 1.165) is 17.5 Å². The second-order valence-corrected chi connectivity index (χ2v) is 10.6. The van der Waals surface area contributed by atoms with Gasteiger partial charge in [-0.3, -0.25) is 9.52 Å². The van der Waals surface area contributed by atoms with Crippen molar-refractivity contribution in [3.05, 3.63) is 81.0 Å². The smallest absolute Gasteiger partial charge is 0.340 e. The fourth-order valence-corrected chi connectivity index (χ4v) is 6.00. The van der Waals surface area contributed by atoms with Gasteiger partial charge in [0.2, 0.25) is 0 Å². The van der Waals surface area contributed by atoms with E-state index in [1.165, 1.54) is 17.0 Å². The molecule has 1 aromatic heterocycles. The zero-order valence-electron chi connectivity index (χ0n) is 18.3. The lowest BCUT2D eigenvalue weighted by Gasteiger charge is -2.26. The van der Waals surface area contributed by atoms with Crippen LogP contribution in [0.1, 0.15) is 31.9 Å². The second kappa shape index (κ2) is 9.36. The molecule has 0 aliphatic carbocycles. The fraction of sp³-hybridized carbons (Fsp3) is 0.250. The van der Waals surface area contributed by atoms with Gasteiger partial charge in [-0.1, -0.05) is 24.3 Å². The Morgan fingerprint density at radius 3 is 2.73 bits per heavy atom. The van der Waals surface area contributed by atoms with E-state index < -0.39 is 22.6 Å². The summed E-state index contributed by atoms with van der Waals surface area (Å²) in [6, 6.07) is 13.3. The van der Waals surface area contributed by atoms with Gasteiger partial charge in [-0.2, -0.15) is 0 Å². The molecule has 0 spiro atoms. The van der Waals surface area contributed by atoms with Crippen LogP contribution >= 0.6 is 11.3 Å². The van der Waals surface area contributed by atoms with E-state index in [-0.39, 0.29) is 22.1 Å². The fourth-order valence-electron chi connectivity index (χ4n) is 3.70. The van der Waals surface area contributed by atoms with E-state index in [2.05, 4.69) is 4.72 Å². The molecule has 0 bridgehead atoms. The Labute approximate surface area is 197 Å². The molecule has 0 radical (unpaired) electrons. The first-order valence-corrected chi connectivity index (χ1v) is 12.8. The maximum absolute atomic E-state index is 13.0. The van der Waals surface area contributed by atoms with Crippen molar-refractivity contribution in [3.63, 3.8) is 0 Å². The Hall–Kier alpha value is -3.17. The highest BCUT2D eigenvalue weighted by molar-refractivity contribution is 7.92. The minimum Gasteiger partial charge on any atom is -0.452 e. The SMILES string of the molecule is Cc1ccc(C)c(S(=O)(=O)Nc2ccccc2C(=O)OCC(=O)N2CCc3sccc3C2)c1. The molecular weight excluding hydrogens is 460 g/mol. The Morgan fingerprint density at radius 1 is 1.12 bits per heavy atom. The molecule has 1 aliphatic heterocycles. The van der Waals surface area contributed by atoms with Gasteiger partial charge >= 0.3 is 5.97 Å². The van der Waals surface area contributed by atoms with Crippen molar-refractivity contribution in [1.29, 1.82) is 0 Å². The maximum Gasteiger partial charge on any atom is 0.340 e. The number of thiophene rings is 1. The number of carbonyl (C=O) groups is 2. The van der Waals surface area contributed by atoms with Crippen molar-refractivity contribution in [2.75, 3.05) is 17.9 Å². The molecule has 1 aliphatic rings. The molecule has 2 heterocycles. The summed E-state index contributed by atoms with van der Waals surface area (Å²) in [7, 11) is -3.93. The number of hydrogen-bond donors (Lipinski definition) is 1. The number of carbonyl (C=O) groups excluding carboxylic acids is 2. The number of esters is 1. The molecule has 0 fully saturated rings. The van der Waals surface area contributed by atoms with Crippen LogP contribution in [0.3, 0.4) is 0 Å². The third kappa shape index (κ3) is 5.09. The summed E-state index contributed by atoms with van der Waals surface area (Å²) in [6.45, 7) is 4.19. The Balaban J connectivity index is 1.45. The van der Waals surface area contributed by atoms with Crippen molar-refractivity contribution in [2.45, 2.75) is 31.7 Å². The number of rotatable bonds is 6. The minimum atomic E-state index is -3.93. The zero-order chi connectivity index (χ0) is 23.6. The number of hydrogen-bond acceptors (Lipinski definition) is 6. The molecule has 1 amide bonds. The van der Waals surface area contributed by atoms with Crippen LogP contribution < -0.4 is 4.72 Å². The van der Waals surface area contributed by atoms with Gasteiger partial charge in [0.15, 0.2) is 6.61 Å². The lowest BCUT2D eigenvalue weighted by molar-refractivity contribution is -0.135. The summed E-state index contributed by atoms with van der Waals surface area (Å²) >= 11 is 1.68. The Kier molecular flexibility index (Phi) is 6.53. The number of sulfonamides is 1. The highest BCUT2D eigenvalue weighted by atomic mass is 32.2. The Bertz CT molecular complexity index is 1310. The van der Waals surface area contributed by atoms with Crippen molar-refractivity contribution >= 4 is 38.9 Å². The molecule has 33 heavy (non-hydrogen) atoms. The number of ether oxygens (including phenoxy) is 1. The van der Waals surface area contributed by atoms with Crippen LogP contribution in [-0.4, -0.2) is 38.3 Å². The van der Waals surface area contributed by atoms with Gasteiger partial charge in [0.1, 0.15) is 0 Å². The van der Waals surface area contributed by atoms with Gasteiger partial charge in [-0.05, 0) is 66.6 Å². The topological polar surface area (TPSA) is 92.8 Å². The van der Waals surface area contributed by atoms with E-state index in [1.807, 2.05) is 24.4 Å². The van der Waals surface area contributed by atoms with Crippen molar-refractivity contribution in [3.8, 4) is 0 Å². The number of benzene rings is 2. The second-order valence-electron chi connectivity index (χ2n) is 7.93. The first kappa shape index (κ1) is 23.0. The lowest BCUT2D eigenvalue weighted by atomic mass is 10.1. The maximum atomic E-state index is 13.0. The number of amides is 1. The van der Waals surface area contributed by atoms with Crippen LogP contribution in [-0.2, 0) is 32.5 Å². The van der Waals surface area contributed by atoms with Crippen molar-refractivity contribution in [2.24, 2.45) is 0 Å². The third-order valence-corrected chi connectivity index (χ3v) is 8.04. The molecular formula is C24H24N2O5S2. The molecule has 1 N–H and O–H groups in total. The first-order chi connectivity index (χ1) is 15.7. The third-order valence-electron chi connectivity index (χ3n) is 5.51. The molecule has 0 saturated carbocycles. The van der Waals surface area contributed by atoms with Gasteiger partial charge in [-0.15, -0.1) is 11.3 Å². The number of nitrogens with one attached hydrogen (secondary N) is 1. The summed E-state index contributed by atoms with van der Waals surface area (Å²) in [4.78, 5) is 28.4. The predicted octanol–water partition coefficient (Wildman–Crippen LogP) is 3.91. The Morgan fingerprint density at radius 2 is 1.91 bits per heavy atom. The minimum absolute atomic E-state index is 0.0398. The zero-order valence-corrected chi connectivity index (χ0v) is 20.0. The summed E-state index contributed by atoms with van der Waals surface area (Å²) in [5, 5.41) is 2.01. The molecule has 9 heteroatoms. The molecule has 2 aromatic carbocycles. The molecule has 3 aromatic rings. The summed E-state index contributed by atoms with van der Waals surface area (Å²) in [6.07, 6.45) is 0.787. The van der Waals surface area contributed by atoms with Crippen LogP contribution in [0.15, 0.2) is 58.8 Å². The van der Waals surface area contributed by atoms with Crippen LogP contribution in [0.2, 0.25) is 0 Å². The quantitative estimate of drug-likeness (QED) is 0.536. The number of anilines is 1. The van der Waals surface area contributed by atoms with Gasteiger partial charge in [-0.25, -0.2) is 13.2 Å². The van der Waals surface area contributed by atoms with E-state index in [9.17, 15) is 18.0 Å². The van der Waals surface area contributed by atoms with Gasteiger partial charge in [0, 0.05) is 18.0 Å². The number of para-hydroxylation sites is 1. The normalized spacial score (nSPS) is 13.3. The molecule has 172 valence electrons.